The van der Waals surface area contributed by atoms with E-state index >= 15 is 0 Å². The van der Waals surface area contributed by atoms with E-state index in [1.807, 2.05) is 44.2 Å². The van der Waals surface area contributed by atoms with Crippen LogP contribution in [0.5, 0.6) is 0 Å². The standard InChI is InChI=1S/C14H20N2O2/c1-3-8-13(17)15-11-14(18)16(4-2)12-9-6-5-7-10-12/h5-7,9-10H,3-4,8,11H2,1-2H3,(H,15,17). The third kappa shape index (κ3) is 4.20. The van der Waals surface area contributed by atoms with Gasteiger partial charge in [0.25, 0.3) is 0 Å². The molecule has 98 valence electrons. The molecule has 1 N–H and O–H groups in total. The Morgan fingerprint density at radius 1 is 1.17 bits per heavy atom. The highest BCUT2D eigenvalue weighted by Crippen LogP contribution is 2.12. The van der Waals surface area contributed by atoms with Crippen molar-refractivity contribution in [3.63, 3.8) is 0 Å². The minimum absolute atomic E-state index is 0.0571. The number of likely N-dealkylation sites (N-methyl/N-ethyl adjacent to an activating group) is 1. The van der Waals surface area contributed by atoms with E-state index in [1.54, 1.807) is 4.90 Å². The number of hydrogen-bond donors (Lipinski definition) is 1. The minimum atomic E-state index is -0.0897. The number of rotatable bonds is 6. The van der Waals surface area contributed by atoms with Crippen LogP contribution in [0.1, 0.15) is 26.7 Å². The number of nitrogens with one attached hydrogen (secondary N) is 1. The number of anilines is 1. The van der Waals surface area contributed by atoms with Crippen molar-refractivity contribution in [2.75, 3.05) is 18.0 Å². The molecule has 0 fully saturated rings. The van der Waals surface area contributed by atoms with E-state index in [4.69, 9.17) is 0 Å². The van der Waals surface area contributed by atoms with Gasteiger partial charge in [-0.05, 0) is 25.5 Å². The van der Waals surface area contributed by atoms with E-state index in [9.17, 15) is 9.59 Å². The van der Waals surface area contributed by atoms with Gasteiger partial charge >= 0.3 is 0 Å². The first kappa shape index (κ1) is 14.2. The Balaban J connectivity index is 2.56. The van der Waals surface area contributed by atoms with Crippen molar-refractivity contribution in [3.05, 3.63) is 30.3 Å². The maximum Gasteiger partial charge on any atom is 0.246 e. The number of hydrogen-bond acceptors (Lipinski definition) is 2. The average Bonchev–Trinajstić information content (AvgIpc) is 2.39. The Morgan fingerprint density at radius 2 is 1.83 bits per heavy atom. The van der Waals surface area contributed by atoms with Crippen molar-refractivity contribution < 1.29 is 9.59 Å². The summed E-state index contributed by atoms with van der Waals surface area (Å²) in [7, 11) is 0. The molecular weight excluding hydrogens is 228 g/mol. The van der Waals surface area contributed by atoms with Crippen molar-refractivity contribution in [3.8, 4) is 0 Å². The molecule has 1 aromatic carbocycles. The molecule has 0 unspecified atom stereocenters. The fourth-order valence-corrected chi connectivity index (χ4v) is 1.70. The number of amides is 2. The summed E-state index contributed by atoms with van der Waals surface area (Å²) in [5.41, 5.74) is 0.856. The second-order valence-electron chi connectivity index (χ2n) is 4.00. The number of para-hydroxylation sites is 1. The first-order valence-corrected chi connectivity index (χ1v) is 6.31. The van der Waals surface area contributed by atoms with E-state index in [2.05, 4.69) is 5.32 Å². The Hall–Kier alpha value is -1.84. The molecule has 2 amide bonds. The molecule has 1 aromatic rings. The monoisotopic (exact) mass is 248 g/mol. The van der Waals surface area contributed by atoms with E-state index in [1.165, 1.54) is 0 Å². The number of nitrogens with zero attached hydrogens (tertiary/aromatic N) is 1. The molecule has 0 heterocycles. The summed E-state index contributed by atoms with van der Waals surface area (Å²) in [6.07, 6.45) is 1.25. The molecule has 0 aliphatic heterocycles. The van der Waals surface area contributed by atoms with E-state index in [0.717, 1.165) is 12.1 Å². The SMILES string of the molecule is CCCC(=O)NCC(=O)N(CC)c1ccccc1. The molecule has 0 saturated carbocycles. The molecular formula is C14H20N2O2. The molecule has 4 nitrogen and oxygen atoms in total. The van der Waals surface area contributed by atoms with Gasteiger partial charge in [0.05, 0.1) is 6.54 Å². The van der Waals surface area contributed by atoms with Crippen LogP contribution in [-0.4, -0.2) is 24.9 Å². The molecule has 0 atom stereocenters. The van der Waals surface area contributed by atoms with Crippen LogP contribution < -0.4 is 10.2 Å². The van der Waals surface area contributed by atoms with Crippen LogP contribution in [-0.2, 0) is 9.59 Å². The van der Waals surface area contributed by atoms with Crippen molar-refractivity contribution in [2.24, 2.45) is 0 Å². The van der Waals surface area contributed by atoms with Gasteiger partial charge < -0.3 is 10.2 Å². The number of carbonyl (C=O) groups is 2. The normalized spacial score (nSPS) is 9.89. The van der Waals surface area contributed by atoms with Gasteiger partial charge in [0.2, 0.25) is 11.8 Å². The Labute approximate surface area is 108 Å². The first-order chi connectivity index (χ1) is 8.69. The van der Waals surface area contributed by atoms with Gasteiger partial charge in [-0.3, -0.25) is 9.59 Å². The van der Waals surface area contributed by atoms with Gasteiger partial charge in [-0.1, -0.05) is 25.1 Å². The second-order valence-corrected chi connectivity index (χ2v) is 4.00. The van der Waals surface area contributed by atoms with E-state index in [-0.39, 0.29) is 18.4 Å². The predicted molar refractivity (Wildman–Crippen MR) is 72.4 cm³/mol. The van der Waals surface area contributed by atoms with Gasteiger partial charge in [0, 0.05) is 18.7 Å². The molecule has 18 heavy (non-hydrogen) atoms. The summed E-state index contributed by atoms with van der Waals surface area (Å²) < 4.78 is 0. The zero-order valence-corrected chi connectivity index (χ0v) is 11.0. The lowest BCUT2D eigenvalue weighted by Crippen LogP contribution is -2.40. The third-order valence-electron chi connectivity index (χ3n) is 2.60. The fourth-order valence-electron chi connectivity index (χ4n) is 1.70. The quantitative estimate of drug-likeness (QED) is 0.836. The van der Waals surface area contributed by atoms with Crippen molar-refractivity contribution in [1.82, 2.24) is 5.32 Å². The first-order valence-electron chi connectivity index (χ1n) is 6.31. The van der Waals surface area contributed by atoms with Crippen molar-refractivity contribution >= 4 is 17.5 Å². The fraction of sp³-hybridized carbons (Fsp3) is 0.429. The predicted octanol–water partition coefficient (Wildman–Crippen LogP) is 1.96. The average molecular weight is 248 g/mol. The Bertz CT molecular complexity index is 390. The maximum absolute atomic E-state index is 12.0. The lowest BCUT2D eigenvalue weighted by Gasteiger charge is -2.21. The molecule has 1 rings (SSSR count). The van der Waals surface area contributed by atoms with Gasteiger partial charge in [0.1, 0.15) is 0 Å². The highest BCUT2D eigenvalue weighted by molar-refractivity contribution is 5.96. The Morgan fingerprint density at radius 3 is 2.39 bits per heavy atom. The van der Waals surface area contributed by atoms with Crippen molar-refractivity contribution in [2.45, 2.75) is 26.7 Å². The summed E-state index contributed by atoms with van der Waals surface area (Å²) >= 11 is 0. The molecule has 0 bridgehead atoms. The summed E-state index contributed by atoms with van der Waals surface area (Å²) in [5.74, 6) is -0.164. The lowest BCUT2D eigenvalue weighted by atomic mass is 10.2. The van der Waals surface area contributed by atoms with Gasteiger partial charge in [-0.2, -0.15) is 0 Å². The van der Waals surface area contributed by atoms with Crippen LogP contribution in [0.25, 0.3) is 0 Å². The summed E-state index contributed by atoms with van der Waals surface area (Å²) in [6, 6.07) is 9.46. The van der Waals surface area contributed by atoms with Gasteiger partial charge in [0.15, 0.2) is 0 Å². The second kappa shape index (κ2) is 7.48. The minimum Gasteiger partial charge on any atom is -0.347 e. The highest BCUT2D eigenvalue weighted by atomic mass is 16.2. The van der Waals surface area contributed by atoms with Crippen LogP contribution in [0.4, 0.5) is 5.69 Å². The summed E-state index contributed by atoms with van der Waals surface area (Å²) in [4.78, 5) is 25.0. The smallest absolute Gasteiger partial charge is 0.246 e. The molecule has 0 aliphatic rings. The number of carbonyl (C=O) groups excluding carboxylic acids is 2. The third-order valence-corrected chi connectivity index (χ3v) is 2.60. The number of benzene rings is 1. The summed E-state index contributed by atoms with van der Waals surface area (Å²) in [5, 5.41) is 2.64. The lowest BCUT2D eigenvalue weighted by molar-refractivity contribution is -0.125. The van der Waals surface area contributed by atoms with Crippen LogP contribution in [0.3, 0.4) is 0 Å². The zero-order chi connectivity index (χ0) is 13.4. The largest absolute Gasteiger partial charge is 0.347 e. The zero-order valence-electron chi connectivity index (χ0n) is 11.0. The van der Waals surface area contributed by atoms with E-state index < -0.39 is 0 Å². The van der Waals surface area contributed by atoms with E-state index in [0.29, 0.717) is 13.0 Å². The van der Waals surface area contributed by atoms with Crippen LogP contribution in [0.15, 0.2) is 30.3 Å². The Kier molecular flexibility index (Phi) is 5.91. The van der Waals surface area contributed by atoms with Gasteiger partial charge in [-0.15, -0.1) is 0 Å². The topological polar surface area (TPSA) is 49.4 Å². The maximum atomic E-state index is 12.0. The molecule has 0 spiro atoms. The molecule has 0 aliphatic carbocycles. The molecule has 0 aromatic heterocycles. The van der Waals surface area contributed by atoms with Gasteiger partial charge in [-0.25, -0.2) is 0 Å². The van der Waals surface area contributed by atoms with Crippen LogP contribution >= 0.6 is 0 Å². The molecule has 4 heteroatoms. The van der Waals surface area contributed by atoms with Crippen molar-refractivity contribution in [1.29, 1.82) is 0 Å². The summed E-state index contributed by atoms with van der Waals surface area (Å²) in [6.45, 7) is 4.50. The van der Waals surface area contributed by atoms with Crippen LogP contribution in [0, 0.1) is 0 Å². The van der Waals surface area contributed by atoms with Crippen LogP contribution in [0.2, 0.25) is 0 Å². The molecule has 0 radical (unpaired) electrons. The molecule has 0 saturated heterocycles. The highest BCUT2D eigenvalue weighted by Gasteiger charge is 2.13.